The highest BCUT2D eigenvalue weighted by Crippen LogP contribution is 2.47. The van der Waals surface area contributed by atoms with Crippen molar-refractivity contribution in [1.29, 1.82) is 0 Å². The summed E-state index contributed by atoms with van der Waals surface area (Å²) in [5.41, 5.74) is 1.84. The van der Waals surface area contributed by atoms with E-state index in [-0.39, 0.29) is 18.1 Å². The zero-order chi connectivity index (χ0) is 27.9. The fourth-order valence-corrected chi connectivity index (χ4v) is 5.61. The van der Waals surface area contributed by atoms with Gasteiger partial charge in [0.1, 0.15) is 11.9 Å². The first-order valence-electron chi connectivity index (χ1n) is 14.1. The lowest BCUT2D eigenvalue weighted by Crippen LogP contribution is -2.45. The Morgan fingerprint density at radius 1 is 1.36 bits per heavy atom. The van der Waals surface area contributed by atoms with Crippen molar-refractivity contribution in [3.05, 3.63) is 43.1 Å². The van der Waals surface area contributed by atoms with E-state index in [0.717, 1.165) is 60.9 Å². The van der Waals surface area contributed by atoms with Gasteiger partial charge >= 0.3 is 6.09 Å². The van der Waals surface area contributed by atoms with Crippen LogP contribution in [0.15, 0.2) is 43.1 Å². The number of fused-ring (bicyclic) bond motifs is 1. The second-order valence-electron chi connectivity index (χ2n) is 10.8. The average Bonchev–Trinajstić information content (AvgIpc) is 3.25. The highest BCUT2D eigenvalue weighted by atomic mass is 17.3. The number of pyridine rings is 1. The van der Waals surface area contributed by atoms with E-state index in [1.165, 1.54) is 0 Å². The zero-order valence-corrected chi connectivity index (χ0v) is 23.7. The number of rotatable bonds is 12. The van der Waals surface area contributed by atoms with Gasteiger partial charge < -0.3 is 24.8 Å². The minimum absolute atomic E-state index is 0.134. The van der Waals surface area contributed by atoms with E-state index >= 15 is 0 Å². The molecule has 2 aliphatic rings. The smallest absolute Gasteiger partial charge is 0.407 e. The summed E-state index contributed by atoms with van der Waals surface area (Å²) < 4.78 is 17.6. The molecule has 2 fully saturated rings. The van der Waals surface area contributed by atoms with Gasteiger partial charge in [-0.05, 0) is 64.5 Å². The first-order valence-corrected chi connectivity index (χ1v) is 14.1. The second-order valence-corrected chi connectivity index (χ2v) is 10.8. The zero-order valence-electron chi connectivity index (χ0n) is 23.7. The molecule has 1 aliphatic heterocycles. The van der Waals surface area contributed by atoms with Crippen molar-refractivity contribution in [2.75, 3.05) is 19.0 Å². The molecule has 1 spiro atoms. The third-order valence-corrected chi connectivity index (χ3v) is 7.73. The maximum Gasteiger partial charge on any atom is 0.407 e. The molecule has 9 heteroatoms. The van der Waals surface area contributed by atoms with Gasteiger partial charge in [0.25, 0.3) is 0 Å². The number of benzene rings is 1. The summed E-state index contributed by atoms with van der Waals surface area (Å²) in [6.45, 7) is 10.5. The predicted octanol–water partition coefficient (Wildman–Crippen LogP) is 6.49. The summed E-state index contributed by atoms with van der Waals surface area (Å²) in [6, 6.07) is 8.05. The first-order chi connectivity index (χ1) is 18.8. The van der Waals surface area contributed by atoms with Crippen LogP contribution in [-0.2, 0) is 19.2 Å². The van der Waals surface area contributed by atoms with Crippen LogP contribution in [0.5, 0.6) is 5.75 Å². The molecule has 2 aromatic rings. The van der Waals surface area contributed by atoms with Crippen LogP contribution in [0.4, 0.5) is 10.5 Å². The molecule has 4 rings (SSSR count). The number of nitrogens with zero attached hydrogens (tertiary/aromatic N) is 1. The molecule has 0 radical (unpaired) electrons. The largest absolute Gasteiger partial charge is 0.497 e. The number of amides is 1. The van der Waals surface area contributed by atoms with E-state index < -0.39 is 17.7 Å². The number of allylic oxidation sites excluding steroid dienone is 1. The number of carbonyl (C=O) groups excluding carboxylic acids is 1. The molecule has 39 heavy (non-hydrogen) atoms. The molecule has 0 bridgehead atoms. The van der Waals surface area contributed by atoms with E-state index in [2.05, 4.69) is 36.0 Å². The number of nitrogens with one attached hydrogen (secondary N) is 2. The lowest BCUT2D eigenvalue weighted by Gasteiger charge is -2.36. The van der Waals surface area contributed by atoms with Crippen LogP contribution in [0.1, 0.15) is 72.1 Å². The molecule has 2 N–H and O–H groups in total. The van der Waals surface area contributed by atoms with Crippen LogP contribution < -0.4 is 15.4 Å². The number of hydrogen-bond donors (Lipinski definition) is 2. The van der Waals surface area contributed by atoms with E-state index in [4.69, 9.17) is 24.0 Å². The highest BCUT2D eigenvalue weighted by molar-refractivity contribution is 5.91. The fourth-order valence-electron chi connectivity index (χ4n) is 5.61. The molecule has 1 saturated carbocycles. The van der Waals surface area contributed by atoms with Gasteiger partial charge in [-0.3, -0.25) is 4.98 Å². The van der Waals surface area contributed by atoms with E-state index in [0.29, 0.717) is 19.4 Å². The molecule has 1 aromatic carbocycles. The third kappa shape index (κ3) is 7.21. The average molecular weight is 542 g/mol. The van der Waals surface area contributed by atoms with E-state index in [1.54, 1.807) is 13.3 Å². The van der Waals surface area contributed by atoms with Gasteiger partial charge in [-0.15, -0.1) is 6.58 Å². The quantitative estimate of drug-likeness (QED) is 0.179. The van der Waals surface area contributed by atoms with Gasteiger partial charge in [0.15, 0.2) is 0 Å². The topological polar surface area (TPSA) is 100 Å². The molecule has 5 atom stereocenters. The fraction of sp³-hybridized carbons (Fsp3) is 0.600. The van der Waals surface area contributed by atoms with Crippen LogP contribution in [0.3, 0.4) is 0 Å². The summed E-state index contributed by atoms with van der Waals surface area (Å²) in [6.07, 6.45) is 9.02. The van der Waals surface area contributed by atoms with Crippen molar-refractivity contribution in [3.63, 3.8) is 0 Å². The highest BCUT2D eigenvalue weighted by Gasteiger charge is 2.55. The van der Waals surface area contributed by atoms with Gasteiger partial charge in [-0.25, -0.2) is 4.79 Å². The summed E-state index contributed by atoms with van der Waals surface area (Å²) in [5, 5.41) is 7.45. The number of ether oxygens (including phenoxy) is 3. The summed E-state index contributed by atoms with van der Waals surface area (Å²) in [7, 11) is 1.66. The standard InChI is InChI=1S/C30H43N3O6/c1-6-11-23(7-2)29(4)37-30(39-38-29)15-8-14-24(20-30)36-28(34)32-17-9-12-21(3)33-26-19-25(35-5)18-22-13-10-16-31-27(22)26/h6,10,13,16,18-19,21,23-24,33H,1,7-9,11-12,14-15,17,20H2,2-5H3,(H,32,34). The van der Waals surface area contributed by atoms with Gasteiger partial charge in [-0.1, -0.05) is 19.1 Å². The summed E-state index contributed by atoms with van der Waals surface area (Å²) in [5.74, 6) is -0.807. The van der Waals surface area contributed by atoms with Crippen molar-refractivity contribution in [2.24, 2.45) is 5.92 Å². The third-order valence-electron chi connectivity index (χ3n) is 7.73. The predicted molar refractivity (Wildman–Crippen MR) is 150 cm³/mol. The molecular formula is C30H43N3O6. The Hall–Kier alpha value is -2.88. The van der Waals surface area contributed by atoms with Crippen LogP contribution in [0, 0.1) is 5.92 Å². The number of alkyl carbamates (subject to hydrolysis) is 1. The molecular weight excluding hydrogens is 498 g/mol. The van der Waals surface area contributed by atoms with E-state index in [1.807, 2.05) is 37.3 Å². The molecule has 2 heterocycles. The number of aromatic nitrogens is 1. The number of hydrogen-bond acceptors (Lipinski definition) is 8. The Bertz CT molecular complexity index is 1130. The van der Waals surface area contributed by atoms with Crippen LogP contribution in [0.2, 0.25) is 0 Å². The molecule has 1 aliphatic carbocycles. The van der Waals surface area contributed by atoms with Crippen molar-refractivity contribution in [3.8, 4) is 5.75 Å². The molecule has 1 saturated heterocycles. The summed E-state index contributed by atoms with van der Waals surface area (Å²) >= 11 is 0. The van der Waals surface area contributed by atoms with Crippen molar-refractivity contribution in [1.82, 2.24) is 10.3 Å². The molecule has 5 unspecified atom stereocenters. The molecule has 9 nitrogen and oxygen atoms in total. The van der Waals surface area contributed by atoms with Crippen LogP contribution >= 0.6 is 0 Å². The van der Waals surface area contributed by atoms with Crippen molar-refractivity contribution >= 4 is 22.7 Å². The maximum absolute atomic E-state index is 12.5. The Balaban J connectivity index is 1.21. The Morgan fingerprint density at radius 2 is 2.21 bits per heavy atom. The molecule has 1 amide bonds. The van der Waals surface area contributed by atoms with Crippen molar-refractivity contribution < 1.29 is 28.8 Å². The lowest BCUT2D eigenvalue weighted by atomic mass is 9.89. The van der Waals surface area contributed by atoms with Crippen molar-refractivity contribution in [2.45, 2.75) is 95.9 Å². The number of carbonyl (C=O) groups is 1. The first kappa shape index (κ1) is 29.1. The van der Waals surface area contributed by atoms with Crippen LogP contribution in [-0.4, -0.2) is 48.5 Å². The van der Waals surface area contributed by atoms with Crippen LogP contribution in [0.25, 0.3) is 10.9 Å². The monoisotopic (exact) mass is 541 g/mol. The SMILES string of the molecule is C=CCC(CC)C1(C)OOC2(CCCC(OC(=O)NCCCC(C)Nc3cc(OC)cc4cccnc34)C2)O1. The normalized spacial score (nSPS) is 26.2. The Labute approximate surface area is 231 Å². The van der Waals surface area contributed by atoms with Gasteiger partial charge in [0.2, 0.25) is 11.6 Å². The minimum Gasteiger partial charge on any atom is -0.497 e. The second kappa shape index (κ2) is 13.0. The molecule has 214 valence electrons. The maximum atomic E-state index is 12.5. The van der Waals surface area contributed by atoms with Gasteiger partial charge in [0.05, 0.1) is 18.3 Å². The minimum atomic E-state index is -0.882. The van der Waals surface area contributed by atoms with Gasteiger partial charge in [-0.2, -0.15) is 9.78 Å². The molecule has 1 aromatic heterocycles. The number of methoxy groups -OCH3 is 1. The number of anilines is 1. The lowest BCUT2D eigenvalue weighted by molar-refractivity contribution is -0.361. The van der Waals surface area contributed by atoms with Gasteiger partial charge in [0, 0.05) is 49.0 Å². The Morgan fingerprint density at radius 3 is 2.97 bits per heavy atom. The van der Waals surface area contributed by atoms with E-state index in [9.17, 15) is 4.79 Å². The Kier molecular flexibility index (Phi) is 9.69. The summed E-state index contributed by atoms with van der Waals surface area (Å²) in [4.78, 5) is 28.6.